The van der Waals surface area contributed by atoms with Crippen molar-refractivity contribution in [1.29, 1.82) is 0 Å². The summed E-state index contributed by atoms with van der Waals surface area (Å²) in [5.74, 6) is -0.482. The second kappa shape index (κ2) is 6.66. The van der Waals surface area contributed by atoms with E-state index in [0.717, 1.165) is 12.8 Å². The number of unbranched alkanes of at least 4 members (excludes halogenated alkanes) is 1. The Morgan fingerprint density at radius 1 is 1.38 bits per heavy atom. The average molecular weight is 224 g/mol. The first kappa shape index (κ1) is 12.3. The van der Waals surface area contributed by atoms with Gasteiger partial charge in [0.05, 0.1) is 18.4 Å². The Morgan fingerprint density at radius 2 is 2.19 bits per heavy atom. The van der Waals surface area contributed by atoms with Crippen LogP contribution in [0, 0.1) is 0 Å². The van der Waals surface area contributed by atoms with Crippen LogP contribution in [0.15, 0.2) is 23.0 Å². The van der Waals surface area contributed by atoms with E-state index in [9.17, 15) is 9.59 Å². The molecule has 0 atom stereocenters. The topological polar surface area (TPSA) is 71.3 Å². The van der Waals surface area contributed by atoms with Crippen molar-refractivity contribution in [1.82, 2.24) is 10.6 Å². The summed E-state index contributed by atoms with van der Waals surface area (Å²) in [6.07, 6.45) is 4.73. The molecule has 0 spiro atoms. The van der Waals surface area contributed by atoms with Gasteiger partial charge in [-0.2, -0.15) is 0 Å². The Labute approximate surface area is 94.2 Å². The van der Waals surface area contributed by atoms with E-state index in [1.54, 1.807) is 6.07 Å². The number of carbonyl (C=O) groups excluding carboxylic acids is 2. The van der Waals surface area contributed by atoms with Crippen molar-refractivity contribution in [2.45, 2.75) is 19.8 Å². The second-order valence-electron chi connectivity index (χ2n) is 3.40. The van der Waals surface area contributed by atoms with Crippen molar-refractivity contribution in [3.63, 3.8) is 0 Å². The van der Waals surface area contributed by atoms with Crippen molar-refractivity contribution in [3.8, 4) is 0 Å². The van der Waals surface area contributed by atoms with Crippen LogP contribution in [0.4, 0.5) is 0 Å². The predicted molar refractivity (Wildman–Crippen MR) is 59.0 cm³/mol. The summed E-state index contributed by atoms with van der Waals surface area (Å²) < 4.78 is 4.76. The average Bonchev–Trinajstić information content (AvgIpc) is 2.79. The van der Waals surface area contributed by atoms with Crippen LogP contribution in [0.1, 0.15) is 30.1 Å². The van der Waals surface area contributed by atoms with Gasteiger partial charge in [-0.05, 0) is 12.5 Å². The van der Waals surface area contributed by atoms with Gasteiger partial charge in [0.2, 0.25) is 5.91 Å². The molecule has 0 bridgehead atoms. The van der Waals surface area contributed by atoms with Gasteiger partial charge in [-0.3, -0.25) is 9.59 Å². The molecule has 0 saturated carbocycles. The largest absolute Gasteiger partial charge is 0.472 e. The van der Waals surface area contributed by atoms with Gasteiger partial charge >= 0.3 is 0 Å². The monoisotopic (exact) mass is 224 g/mol. The molecule has 0 aromatic carbocycles. The van der Waals surface area contributed by atoms with Gasteiger partial charge in [0.15, 0.2) is 0 Å². The minimum Gasteiger partial charge on any atom is -0.472 e. The Kier molecular flexibility index (Phi) is 5.11. The Balaban J connectivity index is 2.19. The highest BCUT2D eigenvalue weighted by molar-refractivity contribution is 5.96. The van der Waals surface area contributed by atoms with Gasteiger partial charge in [0, 0.05) is 6.54 Å². The zero-order chi connectivity index (χ0) is 11.8. The van der Waals surface area contributed by atoms with Crippen LogP contribution in [-0.4, -0.2) is 24.9 Å². The molecule has 2 N–H and O–H groups in total. The van der Waals surface area contributed by atoms with Crippen LogP contribution in [-0.2, 0) is 4.79 Å². The summed E-state index contributed by atoms with van der Waals surface area (Å²) in [7, 11) is 0. The summed E-state index contributed by atoms with van der Waals surface area (Å²) in [5, 5.41) is 5.21. The molecule has 1 aromatic heterocycles. The van der Waals surface area contributed by atoms with E-state index in [1.807, 2.05) is 6.92 Å². The number of carbonyl (C=O) groups is 2. The van der Waals surface area contributed by atoms with Crippen LogP contribution in [0.5, 0.6) is 0 Å². The molecule has 88 valence electrons. The first-order valence-electron chi connectivity index (χ1n) is 5.31. The number of furan rings is 1. The SMILES string of the molecule is CCCCNC(=O)CNC(=O)c1ccoc1. The number of rotatable bonds is 6. The van der Waals surface area contributed by atoms with Crippen molar-refractivity contribution in [2.75, 3.05) is 13.1 Å². The number of amides is 2. The Morgan fingerprint density at radius 3 is 2.81 bits per heavy atom. The molecule has 1 rings (SSSR count). The third-order valence-electron chi connectivity index (χ3n) is 2.05. The molecule has 0 aliphatic rings. The quantitative estimate of drug-likeness (QED) is 0.706. The maximum absolute atomic E-state index is 11.4. The Bertz CT molecular complexity index is 333. The number of hydrogen-bond acceptors (Lipinski definition) is 3. The molecule has 2 amide bonds. The van der Waals surface area contributed by atoms with Crippen molar-refractivity contribution >= 4 is 11.8 Å². The smallest absolute Gasteiger partial charge is 0.254 e. The van der Waals surface area contributed by atoms with Crippen LogP contribution in [0.2, 0.25) is 0 Å². The lowest BCUT2D eigenvalue weighted by Gasteiger charge is -2.05. The van der Waals surface area contributed by atoms with E-state index >= 15 is 0 Å². The van der Waals surface area contributed by atoms with Crippen molar-refractivity contribution in [3.05, 3.63) is 24.2 Å². The van der Waals surface area contributed by atoms with E-state index in [1.165, 1.54) is 12.5 Å². The van der Waals surface area contributed by atoms with Crippen LogP contribution >= 0.6 is 0 Å². The lowest BCUT2D eigenvalue weighted by Crippen LogP contribution is -2.37. The normalized spacial score (nSPS) is 9.81. The highest BCUT2D eigenvalue weighted by atomic mass is 16.3. The molecule has 5 heteroatoms. The van der Waals surface area contributed by atoms with E-state index in [4.69, 9.17) is 4.42 Å². The van der Waals surface area contributed by atoms with Crippen LogP contribution < -0.4 is 10.6 Å². The maximum atomic E-state index is 11.4. The third-order valence-corrected chi connectivity index (χ3v) is 2.05. The molecule has 16 heavy (non-hydrogen) atoms. The summed E-state index contributed by atoms with van der Waals surface area (Å²) in [5.41, 5.74) is 0.418. The first-order chi connectivity index (χ1) is 7.74. The fourth-order valence-electron chi connectivity index (χ4n) is 1.12. The second-order valence-corrected chi connectivity index (χ2v) is 3.40. The molecule has 0 saturated heterocycles. The number of nitrogens with one attached hydrogen (secondary N) is 2. The molecular formula is C11H16N2O3. The standard InChI is InChI=1S/C11H16N2O3/c1-2-3-5-12-10(14)7-13-11(15)9-4-6-16-8-9/h4,6,8H,2-3,5,7H2,1H3,(H,12,14)(H,13,15). The van der Waals surface area contributed by atoms with E-state index in [-0.39, 0.29) is 18.4 Å². The zero-order valence-corrected chi connectivity index (χ0v) is 9.29. The summed E-state index contributed by atoms with van der Waals surface area (Å²) in [6.45, 7) is 2.69. The minimum atomic E-state index is -0.306. The molecule has 0 aliphatic heterocycles. The Hall–Kier alpha value is -1.78. The highest BCUT2D eigenvalue weighted by Gasteiger charge is 2.08. The van der Waals surface area contributed by atoms with Crippen LogP contribution in [0.25, 0.3) is 0 Å². The molecular weight excluding hydrogens is 208 g/mol. The van der Waals surface area contributed by atoms with Gasteiger partial charge in [-0.15, -0.1) is 0 Å². The van der Waals surface area contributed by atoms with Crippen molar-refractivity contribution < 1.29 is 14.0 Å². The zero-order valence-electron chi connectivity index (χ0n) is 9.29. The molecule has 1 heterocycles. The minimum absolute atomic E-state index is 0.00622. The summed E-state index contributed by atoms with van der Waals surface area (Å²) >= 11 is 0. The third kappa shape index (κ3) is 4.16. The molecule has 1 aromatic rings. The first-order valence-corrected chi connectivity index (χ1v) is 5.31. The van der Waals surface area contributed by atoms with E-state index < -0.39 is 0 Å². The van der Waals surface area contributed by atoms with Gasteiger partial charge < -0.3 is 15.1 Å². The maximum Gasteiger partial charge on any atom is 0.254 e. The van der Waals surface area contributed by atoms with Gasteiger partial charge in [0.1, 0.15) is 6.26 Å². The van der Waals surface area contributed by atoms with E-state index in [0.29, 0.717) is 12.1 Å². The fourth-order valence-corrected chi connectivity index (χ4v) is 1.12. The number of hydrogen-bond donors (Lipinski definition) is 2. The fraction of sp³-hybridized carbons (Fsp3) is 0.455. The van der Waals surface area contributed by atoms with E-state index in [2.05, 4.69) is 10.6 Å². The van der Waals surface area contributed by atoms with Crippen LogP contribution in [0.3, 0.4) is 0 Å². The summed E-state index contributed by atoms with van der Waals surface area (Å²) in [6, 6.07) is 1.55. The lowest BCUT2D eigenvalue weighted by atomic mass is 10.3. The van der Waals surface area contributed by atoms with Crippen molar-refractivity contribution in [2.24, 2.45) is 0 Å². The van der Waals surface area contributed by atoms with Gasteiger partial charge in [0.25, 0.3) is 5.91 Å². The van der Waals surface area contributed by atoms with Gasteiger partial charge in [-0.25, -0.2) is 0 Å². The predicted octanol–water partition coefficient (Wildman–Crippen LogP) is 0.926. The highest BCUT2D eigenvalue weighted by Crippen LogP contribution is 1.98. The molecule has 5 nitrogen and oxygen atoms in total. The molecule has 0 aliphatic carbocycles. The van der Waals surface area contributed by atoms with Gasteiger partial charge in [-0.1, -0.05) is 13.3 Å². The molecule has 0 fully saturated rings. The molecule has 0 unspecified atom stereocenters. The lowest BCUT2D eigenvalue weighted by molar-refractivity contribution is -0.120. The molecule has 0 radical (unpaired) electrons. The summed E-state index contributed by atoms with van der Waals surface area (Å²) in [4.78, 5) is 22.6.